The maximum atomic E-state index is 9.91. The molecule has 2 heteroatoms. The van der Waals surface area contributed by atoms with Crippen molar-refractivity contribution in [2.75, 3.05) is 6.61 Å². The molecule has 2 nitrogen and oxygen atoms in total. The maximum absolute atomic E-state index is 9.91. The monoisotopic (exact) mass is 236 g/mol. The van der Waals surface area contributed by atoms with Crippen LogP contribution in [0.1, 0.15) is 46.0 Å². The van der Waals surface area contributed by atoms with Crippen LogP contribution in [0, 0.1) is 11.3 Å². The van der Waals surface area contributed by atoms with Crippen LogP contribution in [0.2, 0.25) is 0 Å². The van der Waals surface area contributed by atoms with E-state index in [-0.39, 0.29) is 18.1 Å². The summed E-state index contributed by atoms with van der Waals surface area (Å²) < 4.78 is 0. The van der Waals surface area contributed by atoms with Crippen molar-refractivity contribution in [2.45, 2.75) is 52.1 Å². The molecule has 0 unspecified atom stereocenters. The Morgan fingerprint density at radius 2 is 2.18 bits per heavy atom. The Bertz CT molecular complexity index is 356. The third-order valence-electron chi connectivity index (χ3n) is 4.75. The van der Waals surface area contributed by atoms with Crippen molar-refractivity contribution >= 4 is 0 Å². The average Bonchev–Trinajstić information content (AvgIpc) is 2.26. The van der Waals surface area contributed by atoms with E-state index in [0.717, 1.165) is 37.7 Å². The van der Waals surface area contributed by atoms with E-state index in [1.165, 1.54) is 11.1 Å². The number of aliphatic hydroxyl groups excluding tert-OH is 2. The number of aliphatic hydroxyl groups is 2. The van der Waals surface area contributed by atoms with Crippen LogP contribution in [0.3, 0.4) is 0 Å². The predicted molar refractivity (Wildman–Crippen MR) is 69.6 cm³/mol. The first kappa shape index (κ1) is 12.8. The van der Waals surface area contributed by atoms with E-state index in [1.807, 2.05) is 0 Å². The Hall–Kier alpha value is -0.600. The summed E-state index contributed by atoms with van der Waals surface area (Å²) in [6, 6.07) is 0. The van der Waals surface area contributed by atoms with Gasteiger partial charge in [0.1, 0.15) is 0 Å². The Balaban J connectivity index is 2.23. The normalized spacial score (nSPS) is 37.9. The van der Waals surface area contributed by atoms with Crippen LogP contribution >= 0.6 is 0 Å². The van der Waals surface area contributed by atoms with E-state index in [0.29, 0.717) is 5.92 Å². The molecule has 2 rings (SSSR count). The minimum atomic E-state index is -0.165. The third-order valence-corrected chi connectivity index (χ3v) is 4.75. The van der Waals surface area contributed by atoms with Gasteiger partial charge in [-0.2, -0.15) is 0 Å². The van der Waals surface area contributed by atoms with Crippen molar-refractivity contribution in [2.24, 2.45) is 11.3 Å². The zero-order valence-electron chi connectivity index (χ0n) is 11.0. The maximum Gasteiger partial charge on any atom is 0.0641 e. The molecular formula is C15H24O2. The van der Waals surface area contributed by atoms with Gasteiger partial charge in [0.15, 0.2) is 0 Å². The number of hydrogen-bond acceptors (Lipinski definition) is 2. The highest BCUT2D eigenvalue weighted by molar-refractivity contribution is 5.29. The molecule has 2 aliphatic carbocycles. The van der Waals surface area contributed by atoms with Gasteiger partial charge in [0.05, 0.1) is 12.7 Å². The summed E-state index contributed by atoms with van der Waals surface area (Å²) in [6.07, 6.45) is 4.80. The topological polar surface area (TPSA) is 40.5 Å². The second-order valence-corrected chi connectivity index (χ2v) is 6.14. The molecule has 0 spiro atoms. The summed E-state index contributed by atoms with van der Waals surface area (Å²) in [6.45, 7) is 8.52. The summed E-state index contributed by atoms with van der Waals surface area (Å²) in [5.74, 6) is 0.438. The molecule has 0 aromatic heterocycles. The lowest BCUT2D eigenvalue weighted by Crippen LogP contribution is -2.36. The van der Waals surface area contributed by atoms with Crippen molar-refractivity contribution in [3.05, 3.63) is 23.3 Å². The van der Waals surface area contributed by atoms with E-state index >= 15 is 0 Å². The van der Waals surface area contributed by atoms with Crippen LogP contribution < -0.4 is 0 Å². The first-order valence-electron chi connectivity index (χ1n) is 6.62. The molecule has 0 radical (unpaired) electrons. The van der Waals surface area contributed by atoms with E-state index in [1.54, 1.807) is 0 Å². The van der Waals surface area contributed by atoms with Gasteiger partial charge in [-0.15, -0.1) is 0 Å². The quantitative estimate of drug-likeness (QED) is 0.724. The van der Waals surface area contributed by atoms with Crippen LogP contribution in [0.25, 0.3) is 0 Å². The standard InChI is InChI=1S/C15H24O2/c1-10-6-13(17)8-15(3)5-4-12(7-14(10)15)11(2)9-16/h12-13,16-17H,2,4-9H2,1,3H3/t12-,13-,15-/m1/s1. The van der Waals surface area contributed by atoms with Crippen molar-refractivity contribution in [1.82, 2.24) is 0 Å². The largest absolute Gasteiger partial charge is 0.393 e. The van der Waals surface area contributed by atoms with E-state index < -0.39 is 0 Å². The zero-order chi connectivity index (χ0) is 12.6. The van der Waals surface area contributed by atoms with Crippen LogP contribution in [0.4, 0.5) is 0 Å². The molecule has 2 N–H and O–H groups in total. The molecule has 3 atom stereocenters. The van der Waals surface area contributed by atoms with Gasteiger partial charge in [-0.3, -0.25) is 0 Å². The number of allylic oxidation sites excluding steroid dienone is 1. The summed E-state index contributed by atoms with van der Waals surface area (Å²) in [5, 5.41) is 19.1. The van der Waals surface area contributed by atoms with E-state index in [4.69, 9.17) is 0 Å². The molecule has 0 aliphatic heterocycles. The highest BCUT2D eigenvalue weighted by Gasteiger charge is 2.41. The smallest absolute Gasteiger partial charge is 0.0641 e. The van der Waals surface area contributed by atoms with Gasteiger partial charge in [0.2, 0.25) is 0 Å². The van der Waals surface area contributed by atoms with Crippen molar-refractivity contribution in [3.63, 3.8) is 0 Å². The van der Waals surface area contributed by atoms with E-state index in [2.05, 4.69) is 20.4 Å². The fourth-order valence-corrected chi connectivity index (χ4v) is 3.70. The van der Waals surface area contributed by atoms with Crippen LogP contribution in [-0.4, -0.2) is 22.9 Å². The van der Waals surface area contributed by atoms with Gasteiger partial charge in [0, 0.05) is 0 Å². The molecule has 0 amide bonds. The molecule has 0 heterocycles. The van der Waals surface area contributed by atoms with Crippen LogP contribution in [0.5, 0.6) is 0 Å². The highest BCUT2D eigenvalue weighted by Crippen LogP contribution is 2.51. The predicted octanol–water partition coefficient (Wildman–Crippen LogP) is 2.81. The Labute approximate surface area is 104 Å². The van der Waals surface area contributed by atoms with Crippen LogP contribution in [0.15, 0.2) is 23.3 Å². The fraction of sp³-hybridized carbons (Fsp3) is 0.733. The second kappa shape index (κ2) is 4.58. The molecule has 96 valence electrons. The molecular weight excluding hydrogens is 212 g/mol. The molecule has 0 bridgehead atoms. The Kier molecular flexibility index (Phi) is 3.46. The van der Waals surface area contributed by atoms with Gasteiger partial charge >= 0.3 is 0 Å². The first-order valence-corrected chi connectivity index (χ1v) is 6.62. The fourth-order valence-electron chi connectivity index (χ4n) is 3.70. The summed E-state index contributed by atoms with van der Waals surface area (Å²) in [4.78, 5) is 0. The molecule has 1 fully saturated rings. The molecule has 0 aromatic carbocycles. The molecule has 2 aliphatic rings. The summed E-state index contributed by atoms with van der Waals surface area (Å²) in [7, 11) is 0. The molecule has 17 heavy (non-hydrogen) atoms. The number of rotatable bonds is 2. The highest BCUT2D eigenvalue weighted by atomic mass is 16.3. The van der Waals surface area contributed by atoms with Gasteiger partial charge in [0.25, 0.3) is 0 Å². The minimum Gasteiger partial charge on any atom is -0.393 e. The minimum absolute atomic E-state index is 0.107. The van der Waals surface area contributed by atoms with E-state index in [9.17, 15) is 10.2 Å². The lowest BCUT2D eigenvalue weighted by Gasteiger charge is -2.46. The summed E-state index contributed by atoms with van der Waals surface area (Å²) >= 11 is 0. The summed E-state index contributed by atoms with van der Waals surface area (Å²) in [5.41, 5.74) is 4.04. The molecule has 0 aromatic rings. The van der Waals surface area contributed by atoms with Gasteiger partial charge in [-0.25, -0.2) is 0 Å². The van der Waals surface area contributed by atoms with Crippen molar-refractivity contribution in [1.29, 1.82) is 0 Å². The number of fused-ring (bicyclic) bond motifs is 1. The zero-order valence-corrected chi connectivity index (χ0v) is 11.0. The Morgan fingerprint density at radius 3 is 2.82 bits per heavy atom. The van der Waals surface area contributed by atoms with Gasteiger partial charge in [-0.05, 0) is 55.9 Å². The van der Waals surface area contributed by atoms with Crippen molar-refractivity contribution < 1.29 is 10.2 Å². The lowest BCUT2D eigenvalue weighted by atomic mass is 9.60. The lowest BCUT2D eigenvalue weighted by molar-refractivity contribution is 0.0871. The SMILES string of the molecule is C=C(CO)[C@@H]1CC[C@]2(C)C[C@H](O)CC(C)=C2C1. The number of hydrogen-bond donors (Lipinski definition) is 2. The first-order chi connectivity index (χ1) is 7.96. The van der Waals surface area contributed by atoms with Crippen LogP contribution in [-0.2, 0) is 0 Å². The second-order valence-electron chi connectivity index (χ2n) is 6.14. The third kappa shape index (κ3) is 2.34. The van der Waals surface area contributed by atoms with Gasteiger partial charge in [-0.1, -0.05) is 24.6 Å². The molecule has 0 saturated heterocycles. The van der Waals surface area contributed by atoms with Gasteiger partial charge < -0.3 is 10.2 Å². The van der Waals surface area contributed by atoms with Crippen molar-refractivity contribution in [3.8, 4) is 0 Å². The average molecular weight is 236 g/mol. The molecule has 1 saturated carbocycles. The Morgan fingerprint density at radius 1 is 1.47 bits per heavy atom.